The summed E-state index contributed by atoms with van der Waals surface area (Å²) in [6, 6.07) is 0. The van der Waals surface area contributed by atoms with Crippen LogP contribution in [0.25, 0.3) is 5.32 Å². The molecular formula is C7H11N11. The van der Waals surface area contributed by atoms with Gasteiger partial charge in [-0.25, -0.2) is 9.13 Å². The summed E-state index contributed by atoms with van der Waals surface area (Å²) in [4.78, 5) is 0. The second-order valence-electron chi connectivity index (χ2n) is 3.34. The van der Waals surface area contributed by atoms with Crippen LogP contribution < -0.4 is 4.57 Å². The van der Waals surface area contributed by atoms with Crippen molar-refractivity contribution in [2.45, 2.75) is 6.29 Å². The molecule has 11 nitrogen and oxygen atoms in total. The first-order valence-corrected chi connectivity index (χ1v) is 4.95. The van der Waals surface area contributed by atoms with Crippen LogP contribution in [0.5, 0.6) is 0 Å². The number of hydrogen-bond donors (Lipinski definition) is 1. The zero-order valence-corrected chi connectivity index (χ0v) is 9.78. The summed E-state index contributed by atoms with van der Waals surface area (Å²) in [5, 5.41) is 30.0. The molecule has 3 heterocycles. The average Bonchev–Trinajstić information content (AvgIpc) is 3.05. The minimum atomic E-state index is -0.646. The van der Waals surface area contributed by atoms with Crippen molar-refractivity contribution in [1.29, 1.82) is 0 Å². The fourth-order valence-corrected chi connectivity index (χ4v) is 1.10. The maximum atomic E-state index is 3.78. The van der Waals surface area contributed by atoms with E-state index in [1.165, 1.54) is 0 Å². The first kappa shape index (κ1) is 11.8. The third kappa shape index (κ3) is 3.40. The quantitative estimate of drug-likeness (QED) is 0.762. The van der Waals surface area contributed by atoms with Crippen molar-refractivity contribution >= 4 is 5.95 Å². The second kappa shape index (κ2) is 5.56. The van der Waals surface area contributed by atoms with E-state index in [2.05, 4.69) is 46.6 Å². The van der Waals surface area contributed by atoms with E-state index in [1.807, 2.05) is 42.0 Å². The molecule has 0 unspecified atom stereocenters. The maximum absolute atomic E-state index is 3.78. The monoisotopic (exact) mass is 249 g/mol. The van der Waals surface area contributed by atoms with Gasteiger partial charge in [0.15, 0.2) is 0 Å². The summed E-state index contributed by atoms with van der Waals surface area (Å²) in [6.45, 7) is 0. The highest BCUT2D eigenvalue weighted by molar-refractivity contribution is 5.28. The van der Waals surface area contributed by atoms with E-state index < -0.39 is 6.29 Å². The number of nitrogens with zero attached hydrogens (tertiary/aromatic N) is 10. The third-order valence-corrected chi connectivity index (χ3v) is 1.82. The van der Waals surface area contributed by atoms with Gasteiger partial charge in [-0.1, -0.05) is 0 Å². The molecule has 0 aromatic carbocycles. The fraction of sp³-hybridized carbons (Fsp3) is 0.429. The van der Waals surface area contributed by atoms with Gasteiger partial charge in [-0.2, -0.15) is 0 Å². The van der Waals surface area contributed by atoms with Crippen molar-refractivity contribution in [2.75, 3.05) is 0 Å². The lowest BCUT2D eigenvalue weighted by atomic mass is 10.8. The van der Waals surface area contributed by atoms with Crippen LogP contribution in [-0.4, -0.2) is 31.5 Å². The lowest BCUT2D eigenvalue weighted by Crippen LogP contribution is -2.23. The fourth-order valence-electron chi connectivity index (χ4n) is 1.10. The van der Waals surface area contributed by atoms with Crippen LogP contribution >= 0.6 is 0 Å². The minimum Gasteiger partial charge on any atom is -0.343 e. The summed E-state index contributed by atoms with van der Waals surface area (Å²) < 4.78 is 4.00. The number of hydrogen-bond acceptors (Lipinski definition) is 7. The van der Waals surface area contributed by atoms with Gasteiger partial charge in [0, 0.05) is 0 Å². The van der Waals surface area contributed by atoms with Crippen LogP contribution in [0.3, 0.4) is 0 Å². The van der Waals surface area contributed by atoms with Crippen LogP contribution in [0.2, 0.25) is 0 Å². The van der Waals surface area contributed by atoms with Crippen LogP contribution in [-0.2, 0) is 14.1 Å². The van der Waals surface area contributed by atoms with Crippen molar-refractivity contribution in [3.8, 4) is 0 Å². The number of aryl methyl sites for hydroxylation is 2. The summed E-state index contributed by atoms with van der Waals surface area (Å²) in [6.07, 6.45) is 5.35. The molecule has 0 fully saturated rings. The largest absolute Gasteiger partial charge is 0.343 e. The molecule has 2 aromatic rings. The van der Waals surface area contributed by atoms with Crippen molar-refractivity contribution in [1.82, 2.24) is 25.2 Å². The standard InChI is InChI=1S/C5H9N2.C2H2N9/c1-6-3-4-7(2)5-6;3(1-4-8-9-5-1)2-6-10-11-7-2/h3-5H,1-2H3;1H,(H-,3,6,7,10,11)/q+1;-1. The predicted octanol–water partition coefficient (Wildman–Crippen LogP) is 0.171. The van der Waals surface area contributed by atoms with Crippen LogP contribution in [0.4, 0.5) is 5.95 Å². The molecule has 0 saturated heterocycles. The van der Waals surface area contributed by atoms with Crippen LogP contribution in [0.1, 0.15) is 0 Å². The summed E-state index contributed by atoms with van der Waals surface area (Å²) in [5.41, 5.74) is 0. The molecule has 1 aliphatic heterocycles. The smallest absolute Gasteiger partial charge is 0.243 e. The highest BCUT2D eigenvalue weighted by Crippen LogP contribution is 2.18. The number of rotatable bonds is 2. The number of imidazole rings is 1. The molecule has 0 spiro atoms. The first-order valence-electron chi connectivity index (χ1n) is 4.95. The van der Waals surface area contributed by atoms with Gasteiger partial charge in [0.1, 0.15) is 12.4 Å². The van der Waals surface area contributed by atoms with Gasteiger partial charge in [0.05, 0.1) is 20.0 Å². The van der Waals surface area contributed by atoms with E-state index in [0.717, 1.165) is 0 Å². The highest BCUT2D eigenvalue weighted by atomic mass is 15.6. The minimum absolute atomic E-state index is 0.190. The summed E-state index contributed by atoms with van der Waals surface area (Å²) in [5.74, 6) is 0.190. The topological polar surface area (TPSA) is 127 Å². The molecule has 1 N–H and O–H groups in total. The zero-order valence-electron chi connectivity index (χ0n) is 9.78. The average molecular weight is 249 g/mol. The van der Waals surface area contributed by atoms with E-state index in [-0.39, 0.29) is 5.95 Å². The van der Waals surface area contributed by atoms with Gasteiger partial charge in [0.25, 0.3) is 0 Å². The molecule has 0 radical (unpaired) electrons. The Hall–Kier alpha value is -2.72. The predicted molar refractivity (Wildman–Crippen MR) is 57.3 cm³/mol. The molecule has 0 aliphatic carbocycles. The molecule has 0 bridgehead atoms. The maximum Gasteiger partial charge on any atom is 0.243 e. The van der Waals surface area contributed by atoms with E-state index in [0.29, 0.717) is 0 Å². The Kier molecular flexibility index (Phi) is 3.63. The van der Waals surface area contributed by atoms with Crippen molar-refractivity contribution in [3.05, 3.63) is 24.0 Å². The molecule has 18 heavy (non-hydrogen) atoms. The van der Waals surface area contributed by atoms with Gasteiger partial charge < -0.3 is 5.32 Å². The van der Waals surface area contributed by atoms with Crippen molar-refractivity contribution in [2.24, 2.45) is 34.8 Å². The second-order valence-corrected chi connectivity index (χ2v) is 3.34. The van der Waals surface area contributed by atoms with Crippen LogP contribution in [0.15, 0.2) is 39.4 Å². The number of H-pyrrole nitrogens is 1. The molecule has 0 amide bonds. The van der Waals surface area contributed by atoms with E-state index in [4.69, 9.17) is 0 Å². The molecule has 2 aromatic heterocycles. The van der Waals surface area contributed by atoms with Gasteiger partial charge in [-0.3, -0.25) is 15.4 Å². The van der Waals surface area contributed by atoms with Gasteiger partial charge in [-0.15, -0.1) is 15.4 Å². The number of aromatic amines is 1. The summed E-state index contributed by atoms with van der Waals surface area (Å²) in [7, 11) is 4.00. The Balaban J connectivity index is 0.000000149. The number of aromatic nitrogens is 6. The molecule has 94 valence electrons. The number of nitrogens with one attached hydrogen (secondary N) is 1. The first-order chi connectivity index (χ1) is 8.74. The molecule has 0 atom stereocenters. The highest BCUT2D eigenvalue weighted by Gasteiger charge is 2.04. The van der Waals surface area contributed by atoms with Crippen molar-refractivity contribution in [3.63, 3.8) is 0 Å². The third-order valence-electron chi connectivity index (χ3n) is 1.82. The molecular weight excluding hydrogens is 238 g/mol. The van der Waals surface area contributed by atoms with Gasteiger partial charge in [0.2, 0.25) is 12.6 Å². The lowest BCUT2D eigenvalue weighted by molar-refractivity contribution is -0.670. The normalized spacial score (nSPS) is 13.4. The lowest BCUT2D eigenvalue weighted by Gasteiger charge is -2.04. The zero-order chi connectivity index (χ0) is 12.8. The van der Waals surface area contributed by atoms with E-state index in [9.17, 15) is 0 Å². The Bertz CT molecular complexity index is 495. The SMILES string of the molecule is Cn1cc[n+](C)c1.N1=NC([N-]c2nn[nH]n2)N=N1. The summed E-state index contributed by atoms with van der Waals surface area (Å²) >= 11 is 0. The van der Waals surface area contributed by atoms with Gasteiger partial charge >= 0.3 is 0 Å². The Labute approximate surface area is 102 Å². The molecule has 0 saturated carbocycles. The Morgan fingerprint density at radius 2 is 2.17 bits per heavy atom. The molecule has 3 rings (SSSR count). The van der Waals surface area contributed by atoms with E-state index in [1.54, 1.807) is 0 Å². The van der Waals surface area contributed by atoms with E-state index >= 15 is 0 Å². The Morgan fingerprint density at radius 1 is 1.39 bits per heavy atom. The van der Waals surface area contributed by atoms with Gasteiger partial charge in [-0.05, 0) is 10.4 Å². The molecule has 11 heteroatoms. The molecule has 1 aliphatic rings. The van der Waals surface area contributed by atoms with Crippen molar-refractivity contribution < 1.29 is 4.57 Å². The van der Waals surface area contributed by atoms with Crippen LogP contribution in [0, 0.1) is 0 Å². The number of tetrazole rings is 1. The Morgan fingerprint density at radius 3 is 2.61 bits per heavy atom.